The Kier molecular flexibility index (Phi) is 7.03. The van der Waals surface area contributed by atoms with Crippen LogP contribution in [0.25, 0.3) is 10.9 Å². The minimum absolute atomic E-state index is 0.0151. The van der Waals surface area contributed by atoms with Gasteiger partial charge in [0.15, 0.2) is 0 Å². The summed E-state index contributed by atoms with van der Waals surface area (Å²) in [5.41, 5.74) is 2.24. The summed E-state index contributed by atoms with van der Waals surface area (Å²) in [6.45, 7) is 2.97. The number of carbonyl (C=O) groups excluding carboxylic acids is 3. The van der Waals surface area contributed by atoms with Crippen LogP contribution in [0.5, 0.6) is 0 Å². The van der Waals surface area contributed by atoms with Gasteiger partial charge in [-0.2, -0.15) is 0 Å². The maximum absolute atomic E-state index is 13.6. The highest BCUT2D eigenvalue weighted by atomic mass is 16.5. The first-order valence-corrected chi connectivity index (χ1v) is 11.4. The number of hydrogen-bond donors (Lipinski definition) is 1. The maximum atomic E-state index is 13.6. The number of benzene rings is 2. The van der Waals surface area contributed by atoms with Gasteiger partial charge >= 0.3 is 0 Å². The number of aryl methyl sites for hydroxylation is 1. The van der Waals surface area contributed by atoms with Gasteiger partial charge < -0.3 is 10.1 Å². The lowest BCUT2D eigenvalue weighted by molar-refractivity contribution is -0.141. The summed E-state index contributed by atoms with van der Waals surface area (Å²) in [5, 5.41) is 3.94. The smallest absolute Gasteiger partial charge is 0.240 e. The molecule has 1 saturated heterocycles. The van der Waals surface area contributed by atoms with E-state index in [4.69, 9.17) is 4.74 Å². The molecular formula is C27H29N3O4. The van der Waals surface area contributed by atoms with Gasteiger partial charge in [0.25, 0.3) is 0 Å². The number of amides is 3. The highest BCUT2D eigenvalue weighted by Gasteiger charge is 2.53. The molecule has 2 aromatic carbocycles. The first-order valence-electron chi connectivity index (χ1n) is 11.4. The molecule has 1 aromatic heterocycles. The summed E-state index contributed by atoms with van der Waals surface area (Å²) >= 11 is 0. The molecule has 0 spiro atoms. The number of aromatic nitrogens is 1. The summed E-state index contributed by atoms with van der Waals surface area (Å²) in [5.74, 6) is -0.830. The summed E-state index contributed by atoms with van der Waals surface area (Å²) in [6, 6.07) is 17.2. The van der Waals surface area contributed by atoms with E-state index in [9.17, 15) is 14.4 Å². The largest absolute Gasteiger partial charge is 0.385 e. The van der Waals surface area contributed by atoms with Crippen molar-refractivity contribution in [3.8, 4) is 0 Å². The van der Waals surface area contributed by atoms with Crippen molar-refractivity contribution in [2.24, 2.45) is 0 Å². The number of ether oxygens (including phenoxy) is 1. The van der Waals surface area contributed by atoms with Crippen LogP contribution in [0.15, 0.2) is 60.8 Å². The third-order valence-corrected chi connectivity index (χ3v) is 6.42. The van der Waals surface area contributed by atoms with Crippen LogP contribution in [0.2, 0.25) is 0 Å². The fourth-order valence-corrected chi connectivity index (χ4v) is 4.72. The summed E-state index contributed by atoms with van der Waals surface area (Å²) in [6.07, 6.45) is 2.20. The van der Waals surface area contributed by atoms with Gasteiger partial charge in [-0.05, 0) is 48.2 Å². The van der Waals surface area contributed by atoms with Crippen molar-refractivity contribution in [2.75, 3.05) is 20.3 Å². The van der Waals surface area contributed by atoms with Crippen molar-refractivity contribution in [3.05, 3.63) is 77.5 Å². The van der Waals surface area contributed by atoms with Crippen LogP contribution in [0.3, 0.4) is 0 Å². The minimum Gasteiger partial charge on any atom is -0.385 e. The number of nitrogens with zero attached hydrogens (tertiary/aromatic N) is 2. The van der Waals surface area contributed by atoms with Crippen molar-refractivity contribution < 1.29 is 19.1 Å². The number of rotatable bonds is 9. The molecule has 176 valence electrons. The third-order valence-electron chi connectivity index (χ3n) is 6.42. The van der Waals surface area contributed by atoms with E-state index in [2.05, 4.69) is 10.3 Å². The van der Waals surface area contributed by atoms with Gasteiger partial charge in [0.2, 0.25) is 17.7 Å². The Morgan fingerprint density at radius 2 is 1.97 bits per heavy atom. The number of pyridine rings is 1. The molecule has 1 unspecified atom stereocenters. The van der Waals surface area contributed by atoms with Gasteiger partial charge in [-0.1, -0.05) is 36.4 Å². The molecule has 3 aromatic rings. The lowest BCUT2D eigenvalue weighted by atomic mass is 9.74. The zero-order chi connectivity index (χ0) is 24.1. The van der Waals surface area contributed by atoms with Crippen LogP contribution < -0.4 is 5.32 Å². The van der Waals surface area contributed by atoms with E-state index in [1.807, 2.05) is 61.5 Å². The molecule has 3 amide bonds. The molecule has 0 saturated carbocycles. The van der Waals surface area contributed by atoms with Gasteiger partial charge in [-0.3, -0.25) is 24.3 Å². The fourth-order valence-electron chi connectivity index (χ4n) is 4.72. The monoisotopic (exact) mass is 459 g/mol. The number of carbonyl (C=O) groups is 3. The normalized spacial score (nSPS) is 18.0. The van der Waals surface area contributed by atoms with Crippen LogP contribution in [0, 0.1) is 6.92 Å². The van der Waals surface area contributed by atoms with Crippen molar-refractivity contribution in [3.63, 3.8) is 0 Å². The van der Waals surface area contributed by atoms with Gasteiger partial charge in [0.05, 0.1) is 10.9 Å². The van der Waals surface area contributed by atoms with E-state index >= 15 is 0 Å². The molecule has 4 rings (SSSR count). The number of likely N-dealkylation sites (tertiary alicyclic amines) is 1. The molecule has 7 heteroatoms. The van der Waals surface area contributed by atoms with Gasteiger partial charge in [0.1, 0.15) is 0 Å². The molecule has 0 aliphatic carbocycles. The number of methoxy groups -OCH3 is 1. The van der Waals surface area contributed by atoms with E-state index in [1.54, 1.807) is 13.3 Å². The molecule has 1 fully saturated rings. The maximum Gasteiger partial charge on any atom is 0.240 e. The van der Waals surface area contributed by atoms with Crippen LogP contribution in [0.1, 0.15) is 36.0 Å². The van der Waals surface area contributed by atoms with Crippen molar-refractivity contribution in [1.29, 1.82) is 0 Å². The molecule has 1 aliphatic rings. The SMILES string of the molecule is COCCCN1C(=O)CC(CC(=O)NCc2ccc3ncccc3c2)(c2ccccc2C)C1=O. The molecule has 1 aliphatic heterocycles. The van der Waals surface area contributed by atoms with Gasteiger partial charge in [-0.25, -0.2) is 0 Å². The molecule has 1 atom stereocenters. The number of hydrogen-bond acceptors (Lipinski definition) is 5. The lowest BCUT2D eigenvalue weighted by Gasteiger charge is -2.28. The zero-order valence-corrected chi connectivity index (χ0v) is 19.5. The minimum atomic E-state index is -1.20. The van der Waals surface area contributed by atoms with E-state index in [1.165, 1.54) is 4.90 Å². The standard InChI is InChI=1S/C27H29N3O4/c1-19-7-3-4-9-22(19)27(17-25(32)30(26(27)33)13-6-14-34-2)16-24(31)29-18-20-10-11-23-21(15-20)8-5-12-28-23/h3-5,7-12,15H,6,13-14,16-18H2,1-2H3,(H,29,31). The van der Waals surface area contributed by atoms with Crippen molar-refractivity contribution >= 4 is 28.6 Å². The zero-order valence-electron chi connectivity index (χ0n) is 19.5. The van der Waals surface area contributed by atoms with E-state index < -0.39 is 5.41 Å². The van der Waals surface area contributed by atoms with E-state index in [0.717, 1.165) is 27.6 Å². The Hall–Kier alpha value is -3.58. The fraction of sp³-hybridized carbons (Fsp3) is 0.333. The first kappa shape index (κ1) is 23.6. The number of fused-ring (bicyclic) bond motifs is 1. The second kappa shape index (κ2) is 10.1. The molecule has 2 heterocycles. The summed E-state index contributed by atoms with van der Waals surface area (Å²) in [7, 11) is 1.58. The van der Waals surface area contributed by atoms with Crippen LogP contribution in [-0.2, 0) is 31.1 Å². The molecular weight excluding hydrogens is 430 g/mol. The molecule has 0 bridgehead atoms. The number of imide groups is 1. The van der Waals surface area contributed by atoms with E-state index in [0.29, 0.717) is 19.6 Å². The highest BCUT2D eigenvalue weighted by molar-refractivity contribution is 6.11. The Balaban J connectivity index is 1.55. The predicted molar refractivity (Wildman–Crippen MR) is 129 cm³/mol. The predicted octanol–water partition coefficient (Wildman–Crippen LogP) is 3.28. The number of nitrogens with one attached hydrogen (secondary N) is 1. The average molecular weight is 460 g/mol. The Bertz CT molecular complexity index is 1230. The van der Waals surface area contributed by atoms with E-state index in [-0.39, 0.29) is 37.1 Å². The third kappa shape index (κ3) is 4.70. The molecule has 1 N–H and O–H groups in total. The second-order valence-electron chi connectivity index (χ2n) is 8.75. The van der Waals surface area contributed by atoms with Gasteiger partial charge in [0, 0.05) is 51.2 Å². The van der Waals surface area contributed by atoms with Crippen molar-refractivity contribution in [2.45, 2.75) is 38.1 Å². The summed E-state index contributed by atoms with van der Waals surface area (Å²) in [4.78, 5) is 45.2. The molecule has 34 heavy (non-hydrogen) atoms. The van der Waals surface area contributed by atoms with Crippen molar-refractivity contribution in [1.82, 2.24) is 15.2 Å². The average Bonchev–Trinajstić information content (AvgIpc) is 3.07. The highest BCUT2D eigenvalue weighted by Crippen LogP contribution is 2.41. The molecule has 7 nitrogen and oxygen atoms in total. The lowest BCUT2D eigenvalue weighted by Crippen LogP contribution is -2.43. The van der Waals surface area contributed by atoms with Gasteiger partial charge in [-0.15, -0.1) is 0 Å². The molecule has 0 radical (unpaired) electrons. The van der Waals surface area contributed by atoms with Crippen LogP contribution >= 0.6 is 0 Å². The quantitative estimate of drug-likeness (QED) is 0.392. The Labute approximate surface area is 199 Å². The van der Waals surface area contributed by atoms with Crippen LogP contribution in [0.4, 0.5) is 0 Å². The Morgan fingerprint density at radius 1 is 1.15 bits per heavy atom. The summed E-state index contributed by atoms with van der Waals surface area (Å²) < 4.78 is 5.08. The Morgan fingerprint density at radius 3 is 2.76 bits per heavy atom. The second-order valence-corrected chi connectivity index (χ2v) is 8.75. The topological polar surface area (TPSA) is 88.6 Å². The first-order chi connectivity index (χ1) is 16.4. The van der Waals surface area contributed by atoms with Crippen LogP contribution in [-0.4, -0.2) is 47.9 Å².